The summed E-state index contributed by atoms with van der Waals surface area (Å²) >= 11 is 0.473. The third kappa shape index (κ3) is 7.29. The highest BCUT2D eigenvalue weighted by molar-refractivity contribution is 7.99. The number of halogens is 2. The summed E-state index contributed by atoms with van der Waals surface area (Å²) in [4.78, 5) is 29.3. The lowest BCUT2D eigenvalue weighted by Gasteiger charge is -2.33. The number of piperazine rings is 1. The van der Waals surface area contributed by atoms with E-state index in [-0.39, 0.29) is 18.4 Å². The van der Waals surface area contributed by atoms with E-state index < -0.39 is 5.76 Å². The van der Waals surface area contributed by atoms with E-state index in [1.165, 1.54) is 0 Å². The Morgan fingerprint density at radius 1 is 0.906 bits per heavy atom. The van der Waals surface area contributed by atoms with E-state index in [4.69, 9.17) is 0 Å². The number of carbonyl (C=O) groups is 2. The van der Waals surface area contributed by atoms with Crippen molar-refractivity contribution in [2.45, 2.75) is 24.5 Å². The number of rotatable bonds is 8. The molecule has 6 nitrogen and oxygen atoms in total. The number of benzene rings is 2. The van der Waals surface area contributed by atoms with Gasteiger partial charge in [-0.2, -0.15) is 8.78 Å². The molecule has 2 amide bonds. The highest BCUT2D eigenvalue weighted by Crippen LogP contribution is 2.26. The highest BCUT2D eigenvalue weighted by atomic mass is 32.2. The maximum absolute atomic E-state index is 12.4. The van der Waals surface area contributed by atoms with Crippen LogP contribution in [0.4, 0.5) is 20.2 Å². The van der Waals surface area contributed by atoms with Gasteiger partial charge in [0.15, 0.2) is 0 Å². The van der Waals surface area contributed by atoms with Crippen LogP contribution in [0.5, 0.6) is 0 Å². The summed E-state index contributed by atoms with van der Waals surface area (Å²) < 4.78 is 24.8. The smallest absolute Gasteiger partial charge is 0.288 e. The van der Waals surface area contributed by atoms with Crippen molar-refractivity contribution in [2.75, 3.05) is 49.9 Å². The number of amides is 2. The maximum atomic E-state index is 12.4. The molecule has 0 aliphatic carbocycles. The van der Waals surface area contributed by atoms with E-state index in [0.29, 0.717) is 55.1 Å². The maximum Gasteiger partial charge on any atom is 0.288 e. The van der Waals surface area contributed by atoms with Crippen LogP contribution >= 0.6 is 11.8 Å². The van der Waals surface area contributed by atoms with E-state index in [2.05, 4.69) is 15.5 Å². The van der Waals surface area contributed by atoms with Gasteiger partial charge in [-0.05, 0) is 55.3 Å². The molecule has 2 aromatic carbocycles. The third-order valence-corrected chi connectivity index (χ3v) is 6.16. The second kappa shape index (κ2) is 11.4. The molecule has 1 fully saturated rings. The van der Waals surface area contributed by atoms with Gasteiger partial charge in [0, 0.05) is 42.4 Å². The monoisotopic (exact) mass is 462 g/mol. The molecule has 3 rings (SSSR count). The fourth-order valence-corrected chi connectivity index (χ4v) is 4.01. The van der Waals surface area contributed by atoms with E-state index in [9.17, 15) is 18.4 Å². The van der Waals surface area contributed by atoms with Crippen molar-refractivity contribution >= 4 is 35.0 Å². The zero-order chi connectivity index (χ0) is 23.1. The van der Waals surface area contributed by atoms with Gasteiger partial charge in [0.25, 0.3) is 5.76 Å². The number of anilines is 2. The van der Waals surface area contributed by atoms with Crippen molar-refractivity contribution in [1.82, 2.24) is 9.80 Å². The minimum atomic E-state index is -2.47. The standard InChI is InChI=1S/C23H28F2N4O2S/c1-16-4-3-5-20(17(16)2)27-22(31)15-29-12-10-28(11-13-29)14-21(30)26-18-6-8-19(9-7-18)32-23(24)25/h3-9,23H,10-15H2,1-2H3,(H,26,30)(H,27,31). The minimum Gasteiger partial charge on any atom is -0.325 e. The molecule has 0 radical (unpaired) electrons. The Bertz CT molecular complexity index is 932. The van der Waals surface area contributed by atoms with Gasteiger partial charge in [0.05, 0.1) is 13.1 Å². The van der Waals surface area contributed by atoms with Crippen LogP contribution in [0.1, 0.15) is 11.1 Å². The number of aryl methyl sites for hydroxylation is 1. The van der Waals surface area contributed by atoms with Crippen molar-refractivity contribution in [3.8, 4) is 0 Å². The summed E-state index contributed by atoms with van der Waals surface area (Å²) in [5.41, 5.74) is 3.62. The molecule has 172 valence electrons. The Hall–Kier alpha value is -2.49. The quantitative estimate of drug-likeness (QED) is 0.584. The number of nitrogens with one attached hydrogen (secondary N) is 2. The molecule has 2 N–H and O–H groups in total. The topological polar surface area (TPSA) is 64.7 Å². The SMILES string of the molecule is Cc1cccc(NC(=O)CN2CCN(CC(=O)Nc3ccc(SC(F)F)cc3)CC2)c1C. The van der Waals surface area contributed by atoms with Crippen LogP contribution < -0.4 is 10.6 Å². The average Bonchev–Trinajstić information content (AvgIpc) is 2.74. The molecule has 0 unspecified atom stereocenters. The van der Waals surface area contributed by atoms with Crippen LogP contribution in [0, 0.1) is 13.8 Å². The van der Waals surface area contributed by atoms with Crippen LogP contribution in [0.25, 0.3) is 0 Å². The van der Waals surface area contributed by atoms with Crippen LogP contribution in [0.15, 0.2) is 47.4 Å². The first-order chi connectivity index (χ1) is 15.3. The van der Waals surface area contributed by atoms with Crippen LogP contribution in [-0.4, -0.2) is 66.6 Å². The second-order valence-corrected chi connectivity index (χ2v) is 8.86. The van der Waals surface area contributed by atoms with Crippen molar-refractivity contribution in [1.29, 1.82) is 0 Å². The first-order valence-electron chi connectivity index (χ1n) is 10.5. The molecular weight excluding hydrogens is 434 g/mol. The Labute approximate surface area is 191 Å². The average molecular weight is 463 g/mol. The summed E-state index contributed by atoms with van der Waals surface area (Å²) in [6.07, 6.45) is 0. The predicted octanol–water partition coefficient (Wildman–Crippen LogP) is 3.81. The molecule has 0 aromatic heterocycles. The normalized spacial score (nSPS) is 15.0. The zero-order valence-electron chi connectivity index (χ0n) is 18.2. The van der Waals surface area contributed by atoms with Crippen LogP contribution in [0.3, 0.4) is 0 Å². The molecule has 9 heteroatoms. The Morgan fingerprint density at radius 3 is 2.03 bits per heavy atom. The molecule has 1 aliphatic rings. The molecule has 32 heavy (non-hydrogen) atoms. The summed E-state index contributed by atoms with van der Waals surface area (Å²) in [5.74, 6) is -2.66. The van der Waals surface area contributed by atoms with E-state index >= 15 is 0 Å². The summed E-state index contributed by atoms with van der Waals surface area (Å²) in [6, 6.07) is 12.2. The summed E-state index contributed by atoms with van der Waals surface area (Å²) in [6.45, 7) is 7.35. The van der Waals surface area contributed by atoms with Crippen molar-refractivity contribution in [2.24, 2.45) is 0 Å². The Balaban J connectivity index is 1.39. The number of thioether (sulfide) groups is 1. The molecule has 0 bridgehead atoms. The summed E-state index contributed by atoms with van der Waals surface area (Å²) in [7, 11) is 0. The number of alkyl halides is 2. The van der Waals surface area contributed by atoms with Crippen molar-refractivity contribution < 1.29 is 18.4 Å². The van der Waals surface area contributed by atoms with E-state index in [1.54, 1.807) is 24.3 Å². The van der Waals surface area contributed by atoms with Gasteiger partial charge >= 0.3 is 0 Å². The van der Waals surface area contributed by atoms with Crippen molar-refractivity contribution in [3.63, 3.8) is 0 Å². The van der Waals surface area contributed by atoms with Gasteiger partial charge in [-0.1, -0.05) is 23.9 Å². The van der Waals surface area contributed by atoms with Gasteiger partial charge in [0.1, 0.15) is 0 Å². The molecule has 2 aromatic rings. The number of hydrogen-bond acceptors (Lipinski definition) is 5. The third-order valence-electron chi connectivity index (χ3n) is 5.44. The first kappa shape index (κ1) is 24.2. The minimum absolute atomic E-state index is 0.0432. The molecular formula is C23H28F2N4O2S. The molecule has 0 saturated carbocycles. The second-order valence-electron chi connectivity index (χ2n) is 7.80. The van der Waals surface area contributed by atoms with Gasteiger partial charge in [-0.3, -0.25) is 19.4 Å². The van der Waals surface area contributed by atoms with Gasteiger partial charge in [0.2, 0.25) is 11.8 Å². The predicted molar refractivity (Wildman–Crippen MR) is 124 cm³/mol. The number of carbonyl (C=O) groups excluding carboxylic acids is 2. The molecule has 1 heterocycles. The van der Waals surface area contributed by atoms with E-state index in [0.717, 1.165) is 16.8 Å². The van der Waals surface area contributed by atoms with Crippen LogP contribution in [-0.2, 0) is 9.59 Å². The molecule has 0 atom stereocenters. The molecule has 0 spiro atoms. The fourth-order valence-electron chi connectivity index (χ4n) is 3.51. The number of nitrogens with zero attached hydrogens (tertiary/aromatic N) is 2. The molecule has 1 aliphatic heterocycles. The summed E-state index contributed by atoms with van der Waals surface area (Å²) in [5, 5.41) is 5.78. The van der Waals surface area contributed by atoms with Crippen molar-refractivity contribution in [3.05, 3.63) is 53.6 Å². The largest absolute Gasteiger partial charge is 0.325 e. The fraction of sp³-hybridized carbons (Fsp3) is 0.391. The first-order valence-corrected chi connectivity index (χ1v) is 11.3. The number of hydrogen-bond donors (Lipinski definition) is 2. The lowest BCUT2D eigenvalue weighted by atomic mass is 10.1. The molecule has 1 saturated heterocycles. The van der Waals surface area contributed by atoms with Crippen LogP contribution in [0.2, 0.25) is 0 Å². The van der Waals surface area contributed by atoms with Gasteiger partial charge in [-0.15, -0.1) is 0 Å². The van der Waals surface area contributed by atoms with Gasteiger partial charge < -0.3 is 10.6 Å². The lowest BCUT2D eigenvalue weighted by Crippen LogP contribution is -2.50. The zero-order valence-corrected chi connectivity index (χ0v) is 19.1. The Morgan fingerprint density at radius 2 is 1.47 bits per heavy atom. The lowest BCUT2D eigenvalue weighted by molar-refractivity contribution is -0.120. The highest BCUT2D eigenvalue weighted by Gasteiger charge is 2.21. The van der Waals surface area contributed by atoms with E-state index in [1.807, 2.05) is 36.9 Å². The van der Waals surface area contributed by atoms with Gasteiger partial charge in [-0.25, -0.2) is 0 Å². The Kier molecular flexibility index (Phi) is 8.60.